The summed E-state index contributed by atoms with van der Waals surface area (Å²) in [5.74, 6) is -0.571. The van der Waals surface area contributed by atoms with Gasteiger partial charge in [0.15, 0.2) is 12.4 Å². The van der Waals surface area contributed by atoms with Gasteiger partial charge in [0.25, 0.3) is 0 Å². The van der Waals surface area contributed by atoms with Crippen LogP contribution in [-0.4, -0.2) is 69.0 Å². The van der Waals surface area contributed by atoms with Crippen LogP contribution in [0, 0.1) is 6.92 Å². The third-order valence-electron chi connectivity index (χ3n) is 5.36. The SMILES string of the molecule is CC(=O)OCCCCN(C)C(=O)n1c([S+]([O-])Cc2nccc(OCC(F)(F)F)c2C)nc2ccccc21. The van der Waals surface area contributed by atoms with E-state index in [1.165, 1.54) is 35.6 Å². The third kappa shape index (κ3) is 7.59. The van der Waals surface area contributed by atoms with Crippen LogP contribution in [0.1, 0.15) is 31.0 Å². The number of ether oxygens (including phenoxy) is 2. The Balaban J connectivity index is 1.81. The number of hydrogen-bond donors (Lipinski definition) is 0. The number of esters is 1. The summed E-state index contributed by atoms with van der Waals surface area (Å²) in [4.78, 5) is 34.3. The van der Waals surface area contributed by atoms with Gasteiger partial charge in [-0.05, 0) is 38.0 Å². The number of halogens is 3. The van der Waals surface area contributed by atoms with E-state index in [0.29, 0.717) is 36.0 Å². The van der Waals surface area contributed by atoms with Gasteiger partial charge >= 0.3 is 23.3 Å². The molecule has 0 aliphatic heterocycles. The molecule has 3 rings (SSSR count). The van der Waals surface area contributed by atoms with Gasteiger partial charge in [0, 0.05) is 43.5 Å². The smallest absolute Gasteiger partial charge is 0.422 e. The average Bonchev–Trinajstić information content (AvgIpc) is 3.22. The van der Waals surface area contributed by atoms with Crippen LogP contribution in [0.3, 0.4) is 0 Å². The quantitative estimate of drug-likeness (QED) is 0.215. The number of amides is 1. The molecule has 0 bridgehead atoms. The number of unbranched alkanes of at least 4 members (excludes halogenated alkanes) is 1. The zero-order valence-corrected chi connectivity index (χ0v) is 21.4. The number of carbonyl (C=O) groups excluding carboxylic acids is 2. The number of nitrogens with zero attached hydrogens (tertiary/aromatic N) is 4. The summed E-state index contributed by atoms with van der Waals surface area (Å²) in [6, 6.07) is 7.70. The largest absolute Gasteiger partial charge is 0.609 e. The average molecular weight is 541 g/mol. The number of aromatic nitrogens is 3. The summed E-state index contributed by atoms with van der Waals surface area (Å²) in [5.41, 5.74) is 1.52. The minimum atomic E-state index is -4.50. The van der Waals surface area contributed by atoms with Crippen LogP contribution in [0.15, 0.2) is 41.7 Å². The van der Waals surface area contributed by atoms with E-state index >= 15 is 0 Å². The van der Waals surface area contributed by atoms with Crippen LogP contribution in [-0.2, 0) is 26.5 Å². The maximum absolute atomic E-state index is 13.4. The molecule has 1 amide bonds. The zero-order valence-electron chi connectivity index (χ0n) is 20.6. The number of pyridine rings is 1. The van der Waals surface area contributed by atoms with Gasteiger partial charge in [-0.15, -0.1) is 0 Å². The molecule has 1 aromatic carbocycles. The van der Waals surface area contributed by atoms with Crippen molar-refractivity contribution in [2.24, 2.45) is 0 Å². The van der Waals surface area contributed by atoms with Gasteiger partial charge < -0.3 is 18.9 Å². The van der Waals surface area contributed by atoms with Gasteiger partial charge in [-0.2, -0.15) is 18.2 Å². The van der Waals surface area contributed by atoms with Crippen molar-refractivity contribution in [1.82, 2.24) is 19.4 Å². The predicted molar refractivity (Wildman–Crippen MR) is 130 cm³/mol. The molecule has 0 N–H and O–H groups in total. The Morgan fingerprint density at radius 3 is 2.62 bits per heavy atom. The summed E-state index contributed by atoms with van der Waals surface area (Å²) >= 11 is -1.86. The van der Waals surface area contributed by atoms with Crippen LogP contribution >= 0.6 is 0 Å². The molecule has 1 unspecified atom stereocenters. The standard InChI is InChI=1S/C24H27F3N4O5S/c1-16-19(28-11-10-21(16)36-15-24(25,26)27)14-37(34)22-29-18-8-4-5-9-20(18)31(22)23(33)30(3)12-6-7-13-35-17(2)32/h4-5,8-11H,6-7,12-15H2,1-3H3. The molecule has 0 radical (unpaired) electrons. The topological polar surface area (TPSA) is 110 Å². The lowest BCUT2D eigenvalue weighted by atomic mass is 10.2. The van der Waals surface area contributed by atoms with E-state index in [-0.39, 0.29) is 34.9 Å². The summed E-state index contributed by atoms with van der Waals surface area (Å²) in [6.07, 6.45) is -2.08. The first-order chi connectivity index (χ1) is 17.5. The molecular formula is C24H27F3N4O5S. The fourth-order valence-corrected chi connectivity index (χ4v) is 4.73. The van der Waals surface area contributed by atoms with Crippen LogP contribution < -0.4 is 4.74 Å². The van der Waals surface area contributed by atoms with E-state index in [2.05, 4.69) is 9.97 Å². The predicted octanol–water partition coefficient (Wildman–Crippen LogP) is 4.23. The number of carbonyl (C=O) groups is 2. The molecule has 2 heterocycles. The fourth-order valence-electron chi connectivity index (χ4n) is 3.48. The van der Waals surface area contributed by atoms with E-state index in [4.69, 9.17) is 9.47 Å². The Bertz CT molecular complexity index is 1250. The van der Waals surface area contributed by atoms with Crippen molar-refractivity contribution in [3.63, 3.8) is 0 Å². The summed E-state index contributed by atoms with van der Waals surface area (Å²) in [7, 11) is 1.60. The maximum atomic E-state index is 13.4. The lowest BCUT2D eigenvalue weighted by molar-refractivity contribution is -0.153. The molecule has 0 spiro atoms. The molecule has 37 heavy (non-hydrogen) atoms. The lowest BCUT2D eigenvalue weighted by Crippen LogP contribution is -2.34. The van der Waals surface area contributed by atoms with E-state index in [0.717, 1.165) is 0 Å². The first-order valence-corrected chi connectivity index (χ1v) is 12.7. The van der Waals surface area contributed by atoms with Crippen molar-refractivity contribution in [3.8, 4) is 5.75 Å². The number of benzene rings is 1. The van der Waals surface area contributed by atoms with E-state index in [9.17, 15) is 27.3 Å². The van der Waals surface area contributed by atoms with Gasteiger partial charge in [-0.3, -0.25) is 9.78 Å². The maximum Gasteiger partial charge on any atom is 0.422 e. The molecule has 2 aromatic heterocycles. The Morgan fingerprint density at radius 2 is 1.92 bits per heavy atom. The van der Waals surface area contributed by atoms with Gasteiger partial charge in [-0.1, -0.05) is 12.1 Å². The molecule has 0 saturated heterocycles. The van der Waals surface area contributed by atoms with Gasteiger partial charge in [0.2, 0.25) is 0 Å². The van der Waals surface area contributed by atoms with Crippen molar-refractivity contribution in [2.75, 3.05) is 26.8 Å². The number of para-hydroxylation sites is 2. The van der Waals surface area contributed by atoms with Gasteiger partial charge in [0.1, 0.15) is 5.75 Å². The number of hydrogen-bond acceptors (Lipinski definition) is 7. The molecule has 0 aliphatic carbocycles. The Morgan fingerprint density at radius 1 is 1.19 bits per heavy atom. The zero-order chi connectivity index (χ0) is 27.2. The van der Waals surface area contributed by atoms with E-state index in [1.807, 2.05) is 0 Å². The van der Waals surface area contributed by atoms with Crippen LogP contribution in [0.4, 0.5) is 18.0 Å². The van der Waals surface area contributed by atoms with Crippen molar-refractivity contribution in [3.05, 3.63) is 47.8 Å². The molecule has 0 fully saturated rings. The summed E-state index contributed by atoms with van der Waals surface area (Å²) in [6.45, 7) is 2.00. The summed E-state index contributed by atoms with van der Waals surface area (Å²) in [5, 5.41) is 0.000718. The second-order valence-electron chi connectivity index (χ2n) is 8.24. The summed E-state index contributed by atoms with van der Waals surface area (Å²) < 4.78 is 62.2. The van der Waals surface area contributed by atoms with Crippen molar-refractivity contribution in [2.45, 2.75) is 43.8 Å². The minimum absolute atomic E-state index is 0.000718. The normalized spacial score (nSPS) is 12.4. The van der Waals surface area contributed by atoms with Crippen LogP contribution in [0.25, 0.3) is 11.0 Å². The monoisotopic (exact) mass is 540 g/mol. The molecule has 0 aliphatic rings. The second-order valence-corrected chi connectivity index (χ2v) is 9.59. The molecule has 0 saturated carbocycles. The highest BCUT2D eigenvalue weighted by Crippen LogP contribution is 2.27. The number of imidazole rings is 1. The first kappa shape index (κ1) is 28.3. The Kier molecular flexibility index (Phi) is 9.38. The molecule has 1 atom stereocenters. The van der Waals surface area contributed by atoms with Crippen molar-refractivity contribution in [1.29, 1.82) is 0 Å². The highest BCUT2D eigenvalue weighted by molar-refractivity contribution is 7.90. The van der Waals surface area contributed by atoms with Crippen LogP contribution in [0.2, 0.25) is 0 Å². The molecule has 3 aromatic rings. The second kappa shape index (κ2) is 12.3. The Labute approximate surface area is 214 Å². The number of alkyl halides is 3. The number of rotatable bonds is 10. The first-order valence-electron chi connectivity index (χ1n) is 11.4. The van der Waals surface area contributed by atoms with Crippen molar-refractivity contribution >= 4 is 34.2 Å². The van der Waals surface area contributed by atoms with Crippen molar-refractivity contribution < 1.29 is 36.8 Å². The minimum Gasteiger partial charge on any atom is -0.609 e. The lowest BCUT2D eigenvalue weighted by Gasteiger charge is -2.19. The highest BCUT2D eigenvalue weighted by atomic mass is 32.2. The van der Waals surface area contributed by atoms with Gasteiger partial charge in [0.05, 0.1) is 23.3 Å². The Hall–Kier alpha value is -3.32. The number of fused-ring (bicyclic) bond motifs is 1. The fraction of sp³-hybridized carbons (Fsp3) is 0.417. The highest BCUT2D eigenvalue weighted by Gasteiger charge is 2.31. The third-order valence-corrected chi connectivity index (χ3v) is 6.58. The van der Waals surface area contributed by atoms with E-state index < -0.39 is 30.0 Å². The molecule has 13 heteroatoms. The molecule has 200 valence electrons. The van der Waals surface area contributed by atoms with Crippen LogP contribution in [0.5, 0.6) is 5.75 Å². The molecule has 9 nitrogen and oxygen atoms in total. The van der Waals surface area contributed by atoms with E-state index in [1.54, 1.807) is 31.3 Å². The molecular weight excluding hydrogens is 513 g/mol. The van der Waals surface area contributed by atoms with Gasteiger partial charge in [-0.25, -0.2) is 9.36 Å².